The fraction of sp³-hybridized carbons (Fsp3) is 0.684. The Morgan fingerprint density at radius 1 is 1.04 bits per heavy atom. The van der Waals surface area contributed by atoms with Gasteiger partial charge >= 0.3 is 0 Å². The molecule has 5 nitrogen and oxygen atoms in total. The monoisotopic (exact) mass is 365 g/mol. The average Bonchev–Trinajstić information content (AvgIpc) is 2.63. The van der Waals surface area contributed by atoms with Crippen LogP contribution in [0, 0.1) is 5.92 Å². The third kappa shape index (κ3) is 4.61. The molecule has 0 amide bonds. The molecule has 140 valence electrons. The third-order valence-corrected chi connectivity index (χ3v) is 7.40. The molecule has 2 aliphatic heterocycles. The summed E-state index contributed by atoms with van der Waals surface area (Å²) in [7, 11) is -3.36. The first-order chi connectivity index (χ1) is 12.0. The van der Waals surface area contributed by atoms with Crippen molar-refractivity contribution in [1.29, 1.82) is 0 Å². The van der Waals surface area contributed by atoms with Crippen molar-refractivity contribution in [1.82, 2.24) is 14.5 Å². The number of benzene rings is 1. The van der Waals surface area contributed by atoms with Gasteiger partial charge in [0.15, 0.2) is 0 Å². The SMILES string of the molecule is CC(C)c1ccc(S(=O)(=O)N2CCN(CC3CCNCC3)CC2)cc1. The predicted octanol–water partition coefficient (Wildman–Crippen LogP) is 2.12. The molecule has 0 saturated carbocycles. The molecule has 1 N–H and O–H groups in total. The Morgan fingerprint density at radius 2 is 1.64 bits per heavy atom. The van der Waals surface area contributed by atoms with Gasteiger partial charge in [0.2, 0.25) is 10.0 Å². The zero-order valence-electron chi connectivity index (χ0n) is 15.4. The van der Waals surface area contributed by atoms with Crippen LogP contribution in [0.3, 0.4) is 0 Å². The molecule has 0 bridgehead atoms. The van der Waals surface area contributed by atoms with Crippen LogP contribution < -0.4 is 5.32 Å². The Balaban J connectivity index is 1.57. The van der Waals surface area contributed by atoms with E-state index in [0.29, 0.717) is 23.9 Å². The van der Waals surface area contributed by atoms with Crippen molar-refractivity contribution in [2.24, 2.45) is 5.92 Å². The lowest BCUT2D eigenvalue weighted by Crippen LogP contribution is -2.50. The highest BCUT2D eigenvalue weighted by Gasteiger charge is 2.29. The van der Waals surface area contributed by atoms with Gasteiger partial charge in [-0.2, -0.15) is 4.31 Å². The largest absolute Gasteiger partial charge is 0.317 e. The van der Waals surface area contributed by atoms with E-state index in [-0.39, 0.29) is 0 Å². The van der Waals surface area contributed by atoms with Crippen LogP contribution in [0.25, 0.3) is 0 Å². The summed E-state index contributed by atoms with van der Waals surface area (Å²) in [5.41, 5.74) is 1.17. The maximum atomic E-state index is 12.9. The van der Waals surface area contributed by atoms with Crippen LogP contribution in [0.15, 0.2) is 29.2 Å². The Bertz CT molecular complexity index is 644. The first-order valence-electron chi connectivity index (χ1n) is 9.50. The number of piperazine rings is 1. The van der Waals surface area contributed by atoms with Crippen molar-refractivity contribution < 1.29 is 8.42 Å². The third-order valence-electron chi connectivity index (χ3n) is 5.49. The van der Waals surface area contributed by atoms with Crippen LogP contribution in [0.2, 0.25) is 0 Å². The molecule has 2 heterocycles. The number of sulfonamides is 1. The van der Waals surface area contributed by atoms with E-state index in [4.69, 9.17) is 0 Å². The lowest BCUT2D eigenvalue weighted by atomic mass is 9.97. The van der Waals surface area contributed by atoms with Gasteiger partial charge < -0.3 is 10.2 Å². The maximum Gasteiger partial charge on any atom is 0.243 e. The molecule has 2 aliphatic rings. The molecule has 2 fully saturated rings. The van der Waals surface area contributed by atoms with Crippen molar-refractivity contribution in [3.05, 3.63) is 29.8 Å². The molecule has 0 radical (unpaired) electrons. The van der Waals surface area contributed by atoms with Gasteiger partial charge in [-0.1, -0.05) is 26.0 Å². The van der Waals surface area contributed by atoms with Crippen LogP contribution in [-0.2, 0) is 10.0 Å². The Morgan fingerprint density at radius 3 is 2.20 bits per heavy atom. The summed E-state index contributed by atoms with van der Waals surface area (Å²) in [6.45, 7) is 10.4. The molecule has 6 heteroatoms. The minimum Gasteiger partial charge on any atom is -0.317 e. The van der Waals surface area contributed by atoms with Crippen LogP contribution >= 0.6 is 0 Å². The molecule has 0 atom stereocenters. The van der Waals surface area contributed by atoms with Crippen molar-refractivity contribution in [3.63, 3.8) is 0 Å². The lowest BCUT2D eigenvalue weighted by molar-refractivity contribution is 0.152. The summed E-state index contributed by atoms with van der Waals surface area (Å²) in [6.07, 6.45) is 2.47. The minimum atomic E-state index is -3.36. The molecule has 1 aromatic rings. The van der Waals surface area contributed by atoms with E-state index in [0.717, 1.165) is 38.6 Å². The van der Waals surface area contributed by atoms with Gasteiger partial charge in [-0.05, 0) is 55.5 Å². The van der Waals surface area contributed by atoms with Gasteiger partial charge in [-0.25, -0.2) is 8.42 Å². The van der Waals surface area contributed by atoms with Gasteiger partial charge in [0.05, 0.1) is 4.90 Å². The smallest absolute Gasteiger partial charge is 0.243 e. The number of nitrogens with zero attached hydrogens (tertiary/aromatic N) is 2. The minimum absolute atomic E-state index is 0.412. The molecule has 0 aromatic heterocycles. The van der Waals surface area contributed by atoms with Crippen LogP contribution in [0.5, 0.6) is 0 Å². The fourth-order valence-corrected chi connectivity index (χ4v) is 5.18. The summed E-state index contributed by atoms with van der Waals surface area (Å²) in [4.78, 5) is 2.85. The first kappa shape index (κ1) is 18.8. The molecular weight excluding hydrogens is 334 g/mol. The van der Waals surface area contributed by atoms with Crippen molar-refractivity contribution in [2.45, 2.75) is 37.5 Å². The van der Waals surface area contributed by atoms with Crippen LogP contribution in [0.4, 0.5) is 0 Å². The first-order valence-corrected chi connectivity index (χ1v) is 10.9. The van der Waals surface area contributed by atoms with E-state index in [2.05, 4.69) is 24.1 Å². The summed E-state index contributed by atoms with van der Waals surface area (Å²) < 4.78 is 27.4. The van der Waals surface area contributed by atoms with E-state index in [9.17, 15) is 8.42 Å². The summed E-state index contributed by atoms with van der Waals surface area (Å²) in [5, 5.41) is 3.40. The highest BCUT2D eigenvalue weighted by molar-refractivity contribution is 7.89. The van der Waals surface area contributed by atoms with E-state index >= 15 is 0 Å². The zero-order chi connectivity index (χ0) is 17.9. The standard InChI is InChI=1S/C19H31N3O2S/c1-16(2)18-3-5-19(6-4-18)25(23,24)22-13-11-21(12-14-22)15-17-7-9-20-10-8-17/h3-6,16-17,20H,7-15H2,1-2H3. The summed E-state index contributed by atoms with van der Waals surface area (Å²) in [6, 6.07) is 7.38. The van der Waals surface area contributed by atoms with Crippen molar-refractivity contribution in [2.75, 3.05) is 45.8 Å². The molecule has 2 saturated heterocycles. The highest BCUT2D eigenvalue weighted by atomic mass is 32.2. The Kier molecular flexibility index (Phi) is 6.15. The van der Waals surface area contributed by atoms with E-state index in [1.807, 2.05) is 12.1 Å². The predicted molar refractivity (Wildman–Crippen MR) is 101 cm³/mol. The number of hydrogen-bond donors (Lipinski definition) is 1. The average molecular weight is 366 g/mol. The topological polar surface area (TPSA) is 52.7 Å². The molecule has 3 rings (SSSR count). The highest BCUT2D eigenvalue weighted by Crippen LogP contribution is 2.22. The van der Waals surface area contributed by atoms with Crippen LogP contribution in [-0.4, -0.2) is 63.4 Å². The summed E-state index contributed by atoms with van der Waals surface area (Å²) >= 11 is 0. The van der Waals surface area contributed by atoms with Crippen LogP contribution in [0.1, 0.15) is 38.2 Å². The number of nitrogens with one attached hydrogen (secondary N) is 1. The normalized spacial score (nSPS) is 21.7. The lowest BCUT2D eigenvalue weighted by Gasteiger charge is -2.36. The van der Waals surface area contributed by atoms with Gasteiger partial charge in [0, 0.05) is 32.7 Å². The van der Waals surface area contributed by atoms with Gasteiger partial charge in [-0.3, -0.25) is 0 Å². The number of hydrogen-bond acceptors (Lipinski definition) is 4. The Labute approximate surface area is 152 Å². The summed E-state index contributed by atoms with van der Waals surface area (Å²) in [5.74, 6) is 1.17. The van der Waals surface area contributed by atoms with E-state index in [1.54, 1.807) is 16.4 Å². The van der Waals surface area contributed by atoms with Gasteiger partial charge in [0.1, 0.15) is 0 Å². The second-order valence-corrected chi connectivity index (χ2v) is 9.56. The van der Waals surface area contributed by atoms with Crippen molar-refractivity contribution in [3.8, 4) is 0 Å². The molecule has 0 aliphatic carbocycles. The second kappa shape index (κ2) is 8.16. The number of piperidine rings is 1. The molecule has 1 aromatic carbocycles. The molecule has 0 unspecified atom stereocenters. The van der Waals surface area contributed by atoms with E-state index < -0.39 is 10.0 Å². The van der Waals surface area contributed by atoms with Gasteiger partial charge in [0.25, 0.3) is 0 Å². The number of rotatable bonds is 5. The molecular formula is C19H31N3O2S. The maximum absolute atomic E-state index is 12.9. The molecule has 25 heavy (non-hydrogen) atoms. The van der Waals surface area contributed by atoms with Crippen molar-refractivity contribution >= 4 is 10.0 Å². The zero-order valence-corrected chi connectivity index (χ0v) is 16.3. The Hall–Kier alpha value is -0.950. The van der Waals surface area contributed by atoms with Gasteiger partial charge in [-0.15, -0.1) is 0 Å². The van der Waals surface area contributed by atoms with E-state index in [1.165, 1.54) is 18.4 Å². The quantitative estimate of drug-likeness (QED) is 0.868. The second-order valence-electron chi connectivity index (χ2n) is 7.62. The fourth-order valence-electron chi connectivity index (χ4n) is 3.76. The molecule has 0 spiro atoms.